The second-order valence-corrected chi connectivity index (χ2v) is 5.20. The number of hydrogen-bond acceptors (Lipinski definition) is 3. The molecule has 1 atom stereocenters. The highest BCUT2D eigenvalue weighted by Crippen LogP contribution is 2.27. The van der Waals surface area contributed by atoms with Crippen LogP contribution in [0.2, 0.25) is 0 Å². The summed E-state index contributed by atoms with van der Waals surface area (Å²) >= 11 is 0. The quantitative estimate of drug-likeness (QED) is 0.836. The summed E-state index contributed by atoms with van der Waals surface area (Å²) in [5, 5.41) is 0. The Kier molecular flexibility index (Phi) is 4.53. The molecule has 0 unspecified atom stereocenters. The summed E-state index contributed by atoms with van der Waals surface area (Å²) in [5.74, 6) is 0.892. The summed E-state index contributed by atoms with van der Waals surface area (Å²) in [4.78, 5) is 2.33. The van der Waals surface area contributed by atoms with Gasteiger partial charge in [-0.3, -0.25) is 4.90 Å². The van der Waals surface area contributed by atoms with Crippen LogP contribution in [0, 0.1) is 0 Å². The van der Waals surface area contributed by atoms with Gasteiger partial charge in [0.2, 0.25) is 0 Å². The Morgan fingerprint density at radius 2 is 1.86 bits per heavy atom. The van der Waals surface area contributed by atoms with E-state index in [1.807, 2.05) is 30.3 Å². The van der Waals surface area contributed by atoms with Crippen LogP contribution >= 0.6 is 0 Å². The zero-order chi connectivity index (χ0) is 14.5. The van der Waals surface area contributed by atoms with Gasteiger partial charge < -0.3 is 9.47 Å². The van der Waals surface area contributed by atoms with E-state index >= 15 is 0 Å². The average Bonchev–Trinajstić information content (AvgIpc) is 3.03. The lowest BCUT2D eigenvalue weighted by Gasteiger charge is -2.21. The molecule has 110 valence electrons. The van der Waals surface area contributed by atoms with Crippen LogP contribution < -0.4 is 4.74 Å². The zero-order valence-electron chi connectivity index (χ0n) is 12.4. The maximum absolute atomic E-state index is 5.81. The highest BCUT2D eigenvalue weighted by atomic mass is 16.5. The van der Waals surface area contributed by atoms with E-state index in [1.54, 1.807) is 0 Å². The van der Waals surface area contributed by atoms with Crippen LogP contribution in [0.1, 0.15) is 24.3 Å². The van der Waals surface area contributed by atoms with E-state index in [9.17, 15) is 0 Å². The maximum atomic E-state index is 5.81. The van der Waals surface area contributed by atoms with E-state index < -0.39 is 0 Å². The second kappa shape index (κ2) is 6.74. The minimum atomic E-state index is 0.0955. The molecule has 0 N–H and O–H groups in total. The van der Waals surface area contributed by atoms with Gasteiger partial charge in [-0.05, 0) is 29.8 Å². The molecule has 1 saturated heterocycles. The first-order valence-electron chi connectivity index (χ1n) is 7.49. The maximum Gasteiger partial charge on any atom is 0.136 e. The Labute approximate surface area is 126 Å². The first kappa shape index (κ1) is 14.1. The van der Waals surface area contributed by atoms with Gasteiger partial charge >= 0.3 is 0 Å². The van der Waals surface area contributed by atoms with Crippen molar-refractivity contribution in [1.29, 1.82) is 0 Å². The smallest absolute Gasteiger partial charge is 0.136 e. The van der Waals surface area contributed by atoms with Crippen LogP contribution in [0.5, 0.6) is 5.75 Å². The van der Waals surface area contributed by atoms with Crippen molar-refractivity contribution in [2.45, 2.75) is 19.8 Å². The fourth-order valence-electron chi connectivity index (χ4n) is 2.60. The molecule has 0 saturated carbocycles. The molecular formula is C18H21NO2. The number of benzene rings is 2. The summed E-state index contributed by atoms with van der Waals surface area (Å²) in [6.45, 7) is 5.59. The third kappa shape index (κ3) is 3.43. The van der Waals surface area contributed by atoms with Crippen molar-refractivity contribution in [3.63, 3.8) is 0 Å². The molecule has 1 aliphatic rings. The number of rotatable bonds is 5. The highest BCUT2D eigenvalue weighted by molar-refractivity contribution is 5.29. The molecule has 0 radical (unpaired) electrons. The number of hydrogen-bond donors (Lipinski definition) is 0. The van der Waals surface area contributed by atoms with E-state index in [4.69, 9.17) is 9.47 Å². The fraction of sp³-hybridized carbons (Fsp3) is 0.333. The van der Waals surface area contributed by atoms with E-state index in [2.05, 4.69) is 36.1 Å². The first-order valence-corrected chi connectivity index (χ1v) is 7.49. The minimum absolute atomic E-state index is 0.0955. The monoisotopic (exact) mass is 283 g/mol. The van der Waals surface area contributed by atoms with Crippen molar-refractivity contribution >= 4 is 0 Å². The molecule has 1 heterocycles. The lowest BCUT2D eigenvalue weighted by atomic mass is 10.2. The Hall–Kier alpha value is -1.84. The molecular weight excluding hydrogens is 262 g/mol. The molecule has 2 aromatic carbocycles. The molecule has 0 aliphatic carbocycles. The van der Waals surface area contributed by atoms with E-state index in [0.717, 1.165) is 25.4 Å². The fourth-order valence-corrected chi connectivity index (χ4v) is 2.60. The minimum Gasteiger partial charge on any atom is -0.489 e. The standard InChI is InChI=1S/C18H21NO2/c1-2-19-12-13-20-18(19)16-8-10-17(11-9-16)21-14-15-6-4-3-5-7-15/h3-11,18H,2,12-14H2,1H3/t18-/m1/s1. The number of nitrogens with zero attached hydrogens (tertiary/aromatic N) is 1. The van der Waals surface area contributed by atoms with Crippen molar-refractivity contribution in [1.82, 2.24) is 4.90 Å². The van der Waals surface area contributed by atoms with E-state index in [-0.39, 0.29) is 6.23 Å². The summed E-state index contributed by atoms with van der Waals surface area (Å²) < 4.78 is 11.6. The molecule has 0 amide bonds. The van der Waals surface area contributed by atoms with Crippen molar-refractivity contribution in [3.8, 4) is 5.75 Å². The van der Waals surface area contributed by atoms with Gasteiger partial charge in [0.15, 0.2) is 0 Å². The van der Waals surface area contributed by atoms with Crippen molar-refractivity contribution in [2.75, 3.05) is 19.7 Å². The van der Waals surface area contributed by atoms with Crippen LogP contribution in [-0.4, -0.2) is 24.6 Å². The first-order chi connectivity index (χ1) is 10.4. The molecule has 3 heteroatoms. The van der Waals surface area contributed by atoms with Crippen molar-refractivity contribution < 1.29 is 9.47 Å². The van der Waals surface area contributed by atoms with Gasteiger partial charge in [0.05, 0.1) is 6.61 Å². The third-order valence-corrected chi connectivity index (χ3v) is 3.81. The molecule has 1 fully saturated rings. The van der Waals surface area contributed by atoms with Gasteiger partial charge in [-0.25, -0.2) is 0 Å². The number of ether oxygens (including phenoxy) is 2. The van der Waals surface area contributed by atoms with E-state index in [0.29, 0.717) is 6.61 Å². The lowest BCUT2D eigenvalue weighted by molar-refractivity contribution is 0.0353. The van der Waals surface area contributed by atoms with Crippen LogP contribution in [0.25, 0.3) is 0 Å². The molecule has 0 bridgehead atoms. The predicted octanol–water partition coefficient (Wildman–Crippen LogP) is 3.62. The zero-order valence-corrected chi connectivity index (χ0v) is 12.4. The molecule has 1 aliphatic heterocycles. The topological polar surface area (TPSA) is 21.7 Å². The molecule has 0 spiro atoms. The lowest BCUT2D eigenvalue weighted by Crippen LogP contribution is -2.23. The Balaban J connectivity index is 1.61. The van der Waals surface area contributed by atoms with Crippen LogP contribution in [-0.2, 0) is 11.3 Å². The van der Waals surface area contributed by atoms with Crippen LogP contribution in [0.3, 0.4) is 0 Å². The number of likely N-dealkylation sites (N-methyl/N-ethyl adjacent to an activating group) is 1. The Morgan fingerprint density at radius 3 is 2.57 bits per heavy atom. The van der Waals surface area contributed by atoms with Gasteiger partial charge in [0.25, 0.3) is 0 Å². The van der Waals surface area contributed by atoms with Crippen molar-refractivity contribution in [2.24, 2.45) is 0 Å². The van der Waals surface area contributed by atoms with Crippen LogP contribution in [0.4, 0.5) is 0 Å². The SMILES string of the molecule is CCN1CCO[C@@H]1c1ccc(OCc2ccccc2)cc1. The van der Waals surface area contributed by atoms with Crippen molar-refractivity contribution in [3.05, 3.63) is 65.7 Å². The van der Waals surface area contributed by atoms with E-state index in [1.165, 1.54) is 11.1 Å². The van der Waals surface area contributed by atoms with Gasteiger partial charge in [-0.2, -0.15) is 0 Å². The highest BCUT2D eigenvalue weighted by Gasteiger charge is 2.25. The molecule has 0 aromatic heterocycles. The summed E-state index contributed by atoms with van der Waals surface area (Å²) in [6.07, 6.45) is 0.0955. The molecule has 3 rings (SSSR count). The average molecular weight is 283 g/mol. The Morgan fingerprint density at radius 1 is 1.10 bits per heavy atom. The summed E-state index contributed by atoms with van der Waals surface area (Å²) in [6, 6.07) is 18.4. The summed E-state index contributed by atoms with van der Waals surface area (Å²) in [5.41, 5.74) is 2.37. The predicted molar refractivity (Wildman–Crippen MR) is 83.2 cm³/mol. The summed E-state index contributed by atoms with van der Waals surface area (Å²) in [7, 11) is 0. The second-order valence-electron chi connectivity index (χ2n) is 5.20. The third-order valence-electron chi connectivity index (χ3n) is 3.81. The van der Waals surface area contributed by atoms with Crippen LogP contribution in [0.15, 0.2) is 54.6 Å². The van der Waals surface area contributed by atoms with Gasteiger partial charge in [-0.15, -0.1) is 0 Å². The largest absolute Gasteiger partial charge is 0.489 e. The normalized spacial score (nSPS) is 18.8. The Bertz CT molecular complexity index is 553. The van der Waals surface area contributed by atoms with Gasteiger partial charge in [0, 0.05) is 6.54 Å². The molecule has 2 aromatic rings. The molecule has 21 heavy (non-hydrogen) atoms. The molecule has 3 nitrogen and oxygen atoms in total. The van der Waals surface area contributed by atoms with Gasteiger partial charge in [-0.1, -0.05) is 49.4 Å². The van der Waals surface area contributed by atoms with Gasteiger partial charge in [0.1, 0.15) is 18.6 Å².